The van der Waals surface area contributed by atoms with E-state index in [1.807, 2.05) is 19.4 Å². The van der Waals surface area contributed by atoms with E-state index in [0.29, 0.717) is 5.92 Å². The number of benzene rings is 1. The molecule has 0 aromatic heterocycles. The quantitative estimate of drug-likeness (QED) is 0.862. The van der Waals surface area contributed by atoms with Gasteiger partial charge in [-0.3, -0.25) is 4.99 Å². The first kappa shape index (κ1) is 16.5. The maximum atomic E-state index is 12.8. The van der Waals surface area contributed by atoms with Crippen LogP contribution in [0.4, 0.5) is 5.69 Å². The first-order valence-corrected chi connectivity index (χ1v) is 10.1. The number of hydrogen-bond donors (Lipinski definition) is 1. The molecule has 0 atom stereocenters. The van der Waals surface area contributed by atoms with Crippen molar-refractivity contribution in [3.05, 3.63) is 23.3 Å². The minimum Gasteiger partial charge on any atom is -0.384 e. The van der Waals surface area contributed by atoms with Gasteiger partial charge in [-0.05, 0) is 63.1 Å². The number of nitrogens with zero attached hydrogens (tertiary/aromatic N) is 1. The summed E-state index contributed by atoms with van der Waals surface area (Å²) < 4.78 is 12.8. The Balaban J connectivity index is 2.68. The van der Waals surface area contributed by atoms with E-state index in [9.17, 15) is 9.67 Å². The van der Waals surface area contributed by atoms with Crippen molar-refractivity contribution >= 4 is 23.8 Å². The minimum absolute atomic E-state index is 0.346. The van der Waals surface area contributed by atoms with Gasteiger partial charge in [0.05, 0.1) is 11.3 Å². The molecule has 0 saturated heterocycles. The molecule has 1 aliphatic heterocycles. The van der Waals surface area contributed by atoms with Crippen molar-refractivity contribution in [1.82, 2.24) is 0 Å². The lowest BCUT2D eigenvalue weighted by Gasteiger charge is -2.28. The topological polar surface area (TPSA) is 49.7 Å². The highest BCUT2D eigenvalue weighted by atomic mass is 31.2. The molecule has 1 N–H and O–H groups in total. The zero-order chi connectivity index (χ0) is 16.0. The average molecular weight is 307 g/mol. The van der Waals surface area contributed by atoms with Gasteiger partial charge in [0, 0.05) is 11.0 Å². The molecule has 1 aromatic rings. The van der Waals surface area contributed by atoms with Gasteiger partial charge in [-0.2, -0.15) is 0 Å². The Labute approximate surface area is 127 Å². The van der Waals surface area contributed by atoms with Crippen molar-refractivity contribution in [2.24, 2.45) is 4.99 Å². The molecule has 0 unspecified atom stereocenters. The second-order valence-electron chi connectivity index (χ2n) is 7.12. The fourth-order valence-corrected chi connectivity index (χ4v) is 4.82. The Morgan fingerprint density at radius 3 is 2.33 bits per heavy atom. The first-order valence-electron chi connectivity index (χ1n) is 7.53. The molecule has 1 heterocycles. The highest BCUT2D eigenvalue weighted by Crippen LogP contribution is 2.43. The van der Waals surface area contributed by atoms with Crippen LogP contribution in [0.25, 0.3) is 0 Å². The summed E-state index contributed by atoms with van der Waals surface area (Å²) in [5, 5.41) is 11.2. The van der Waals surface area contributed by atoms with Crippen molar-refractivity contribution in [2.75, 3.05) is 13.3 Å². The Morgan fingerprint density at radius 1 is 1.24 bits per heavy atom. The van der Waals surface area contributed by atoms with E-state index >= 15 is 0 Å². The van der Waals surface area contributed by atoms with Gasteiger partial charge in [0.15, 0.2) is 0 Å². The summed E-state index contributed by atoms with van der Waals surface area (Å²) >= 11 is 0. The van der Waals surface area contributed by atoms with Crippen molar-refractivity contribution in [2.45, 2.75) is 52.1 Å². The van der Waals surface area contributed by atoms with Crippen LogP contribution in [0.15, 0.2) is 17.1 Å². The molecule has 0 bridgehead atoms. The van der Waals surface area contributed by atoms with Crippen LogP contribution >= 0.6 is 7.14 Å². The molecule has 0 amide bonds. The van der Waals surface area contributed by atoms with E-state index < -0.39 is 12.7 Å². The Hall–Kier alpha value is -0.920. The van der Waals surface area contributed by atoms with Crippen molar-refractivity contribution in [1.29, 1.82) is 0 Å². The lowest BCUT2D eigenvalue weighted by Crippen LogP contribution is -2.33. The van der Waals surface area contributed by atoms with Gasteiger partial charge < -0.3 is 9.67 Å². The molecule has 0 aliphatic carbocycles. The summed E-state index contributed by atoms with van der Waals surface area (Å²) in [6.45, 7) is 11.5. The van der Waals surface area contributed by atoms with Crippen LogP contribution in [0.3, 0.4) is 0 Å². The summed E-state index contributed by atoms with van der Waals surface area (Å²) in [6, 6.07) is 4.06. The van der Waals surface area contributed by atoms with Gasteiger partial charge in [-0.1, -0.05) is 19.9 Å². The highest BCUT2D eigenvalue weighted by molar-refractivity contribution is 7.70. The number of aliphatic hydroxyl groups is 1. The highest BCUT2D eigenvalue weighted by Gasteiger charge is 2.29. The molecular formula is C17H26NO2P. The first-order chi connectivity index (χ1) is 9.51. The third-order valence-corrected chi connectivity index (χ3v) is 5.63. The zero-order valence-corrected chi connectivity index (χ0v) is 14.8. The number of aliphatic imine (C=N–C) groups is 1. The van der Waals surface area contributed by atoms with Crippen molar-refractivity contribution in [3.8, 4) is 0 Å². The van der Waals surface area contributed by atoms with Crippen LogP contribution < -0.4 is 5.30 Å². The summed E-state index contributed by atoms with van der Waals surface area (Å²) in [4.78, 5) is 4.64. The van der Waals surface area contributed by atoms with Crippen LogP contribution in [-0.4, -0.2) is 29.7 Å². The molecule has 1 aliphatic rings. The normalized spacial score (nSPS) is 15.9. The van der Waals surface area contributed by atoms with Crippen LogP contribution in [0.2, 0.25) is 0 Å². The fraction of sp³-hybridized carbons (Fsp3) is 0.588. The third-order valence-electron chi connectivity index (χ3n) is 4.02. The smallest absolute Gasteiger partial charge is 0.110 e. The van der Waals surface area contributed by atoms with Crippen LogP contribution in [0.1, 0.15) is 51.2 Å². The predicted octanol–water partition coefficient (Wildman–Crippen LogP) is 3.85. The average Bonchev–Trinajstić information content (AvgIpc) is 2.34. The molecule has 1 aromatic carbocycles. The Kier molecular flexibility index (Phi) is 4.21. The zero-order valence-electron chi connectivity index (χ0n) is 13.9. The van der Waals surface area contributed by atoms with E-state index in [4.69, 9.17) is 0 Å². The van der Waals surface area contributed by atoms with E-state index in [-0.39, 0.29) is 0 Å². The third kappa shape index (κ3) is 3.30. The standard InChI is InChI=1S/C17H26NO2P/c1-11(2)12-7-9-14-13(16(12)21(5,6)20)8-10-15(18-14)17(3,4)19/h7,9,11,19H,8,10H2,1-6H3. The minimum atomic E-state index is -2.36. The van der Waals surface area contributed by atoms with Gasteiger partial charge in [-0.25, -0.2) is 0 Å². The Morgan fingerprint density at radius 2 is 1.86 bits per heavy atom. The number of fused-ring (bicyclic) bond motifs is 1. The lowest BCUT2D eigenvalue weighted by molar-refractivity contribution is 0.151. The van der Waals surface area contributed by atoms with E-state index in [1.165, 1.54) is 5.56 Å². The van der Waals surface area contributed by atoms with Crippen LogP contribution in [-0.2, 0) is 11.0 Å². The SMILES string of the molecule is CC(C)c1ccc2c(c1P(C)(C)=O)CCC(C(C)(C)O)=N2. The second kappa shape index (κ2) is 5.37. The summed E-state index contributed by atoms with van der Waals surface area (Å²) in [5.41, 5.74) is 3.07. The largest absolute Gasteiger partial charge is 0.384 e. The number of hydrogen-bond acceptors (Lipinski definition) is 3. The van der Waals surface area contributed by atoms with Crippen LogP contribution in [0.5, 0.6) is 0 Å². The maximum absolute atomic E-state index is 12.8. The summed E-state index contributed by atoms with van der Waals surface area (Å²) in [6.07, 6.45) is 1.53. The van der Waals surface area contributed by atoms with E-state index in [1.54, 1.807) is 13.8 Å². The van der Waals surface area contributed by atoms with Crippen molar-refractivity contribution in [3.63, 3.8) is 0 Å². The Bertz CT molecular complexity index is 633. The van der Waals surface area contributed by atoms with Crippen molar-refractivity contribution < 1.29 is 9.67 Å². The molecule has 2 rings (SSSR count). The molecule has 0 saturated carbocycles. The molecule has 21 heavy (non-hydrogen) atoms. The van der Waals surface area contributed by atoms with Gasteiger partial charge in [0.1, 0.15) is 7.14 Å². The van der Waals surface area contributed by atoms with Crippen LogP contribution in [0, 0.1) is 0 Å². The summed E-state index contributed by atoms with van der Waals surface area (Å²) in [7, 11) is -2.36. The lowest BCUT2D eigenvalue weighted by atomic mass is 9.90. The molecule has 0 fully saturated rings. The van der Waals surface area contributed by atoms with Gasteiger partial charge >= 0.3 is 0 Å². The predicted molar refractivity (Wildman–Crippen MR) is 91.3 cm³/mol. The molecule has 0 spiro atoms. The van der Waals surface area contributed by atoms with Gasteiger partial charge in [-0.15, -0.1) is 0 Å². The molecule has 0 radical (unpaired) electrons. The monoisotopic (exact) mass is 307 g/mol. The second-order valence-corrected chi connectivity index (χ2v) is 10.3. The summed E-state index contributed by atoms with van der Waals surface area (Å²) in [5.74, 6) is 0.346. The van der Waals surface area contributed by atoms with E-state index in [0.717, 1.165) is 35.1 Å². The molecule has 4 heteroatoms. The maximum Gasteiger partial charge on any atom is 0.110 e. The molecule has 3 nitrogen and oxygen atoms in total. The van der Waals surface area contributed by atoms with Gasteiger partial charge in [0.2, 0.25) is 0 Å². The fourth-order valence-electron chi connectivity index (χ4n) is 2.98. The van der Waals surface area contributed by atoms with Gasteiger partial charge in [0.25, 0.3) is 0 Å². The van der Waals surface area contributed by atoms with E-state index in [2.05, 4.69) is 24.9 Å². The number of rotatable bonds is 3. The molecule has 116 valence electrons. The molecular weight excluding hydrogens is 281 g/mol.